The topological polar surface area (TPSA) is 75.6 Å². The molecule has 4 rings (SSSR count). The van der Waals surface area contributed by atoms with E-state index in [1.54, 1.807) is 10.6 Å². The average molecular weight is 404 g/mol. The molecule has 0 saturated carbocycles. The summed E-state index contributed by atoms with van der Waals surface area (Å²) in [6.07, 6.45) is -5.52. The second-order valence-electron chi connectivity index (χ2n) is 6.98. The molecule has 0 amide bonds. The standard InChI is InChI=1S/C20H19F3N4O2/c1-12-11-17-25-18(14-5-3-4-6-15(14)27(17)26-12)24-10-9-19(28,20(21,22)23)16-8-7-13(2)29-16/h3-8,11,28H,9-10H2,1-2H3,(H,24,25)/t19-/m0/s1. The van der Waals surface area contributed by atoms with Crippen molar-refractivity contribution < 1.29 is 22.7 Å². The van der Waals surface area contributed by atoms with Gasteiger partial charge in [-0.2, -0.15) is 18.3 Å². The molecule has 0 aliphatic carbocycles. The molecule has 0 fully saturated rings. The molecule has 1 aromatic carbocycles. The first kappa shape index (κ1) is 19.3. The first-order valence-corrected chi connectivity index (χ1v) is 9.04. The Morgan fingerprint density at radius 1 is 1.14 bits per heavy atom. The number of anilines is 1. The van der Waals surface area contributed by atoms with Gasteiger partial charge < -0.3 is 14.8 Å². The highest BCUT2D eigenvalue weighted by Crippen LogP contribution is 2.42. The largest absolute Gasteiger partial charge is 0.463 e. The van der Waals surface area contributed by atoms with Crippen molar-refractivity contribution in [1.29, 1.82) is 0 Å². The van der Waals surface area contributed by atoms with E-state index in [4.69, 9.17) is 4.42 Å². The van der Waals surface area contributed by atoms with E-state index in [1.165, 1.54) is 13.0 Å². The maximum atomic E-state index is 13.6. The van der Waals surface area contributed by atoms with Crippen molar-refractivity contribution in [2.24, 2.45) is 0 Å². The minimum atomic E-state index is -4.89. The molecule has 0 saturated heterocycles. The Hall–Kier alpha value is -3.07. The normalized spacial score (nSPS) is 14.4. The van der Waals surface area contributed by atoms with Gasteiger partial charge in [0.15, 0.2) is 5.65 Å². The van der Waals surface area contributed by atoms with Crippen LogP contribution in [0.2, 0.25) is 0 Å². The summed E-state index contributed by atoms with van der Waals surface area (Å²) in [5.74, 6) is 0.196. The number of aromatic nitrogens is 3. The lowest BCUT2D eigenvalue weighted by atomic mass is 9.95. The lowest BCUT2D eigenvalue weighted by molar-refractivity contribution is -0.274. The molecule has 0 unspecified atom stereocenters. The van der Waals surface area contributed by atoms with Crippen molar-refractivity contribution in [3.05, 3.63) is 59.7 Å². The van der Waals surface area contributed by atoms with Crippen LogP contribution < -0.4 is 5.32 Å². The maximum absolute atomic E-state index is 13.6. The Bertz CT molecular complexity index is 1180. The van der Waals surface area contributed by atoms with Crippen LogP contribution >= 0.6 is 0 Å². The van der Waals surface area contributed by atoms with Gasteiger partial charge in [0.05, 0.1) is 11.2 Å². The number of para-hydroxylation sites is 1. The zero-order valence-corrected chi connectivity index (χ0v) is 15.8. The van der Waals surface area contributed by atoms with Crippen LogP contribution in [0, 0.1) is 13.8 Å². The van der Waals surface area contributed by atoms with Crippen LogP contribution in [0.25, 0.3) is 16.6 Å². The highest BCUT2D eigenvalue weighted by atomic mass is 19.4. The van der Waals surface area contributed by atoms with Gasteiger partial charge in [0.25, 0.3) is 0 Å². The molecule has 0 aliphatic rings. The highest BCUT2D eigenvalue weighted by molar-refractivity contribution is 5.91. The third-order valence-electron chi connectivity index (χ3n) is 4.82. The van der Waals surface area contributed by atoms with E-state index in [1.807, 2.05) is 31.2 Å². The van der Waals surface area contributed by atoms with Gasteiger partial charge >= 0.3 is 6.18 Å². The summed E-state index contributed by atoms with van der Waals surface area (Å²) in [5, 5.41) is 18.5. The Morgan fingerprint density at radius 3 is 2.59 bits per heavy atom. The third-order valence-corrected chi connectivity index (χ3v) is 4.82. The molecule has 0 radical (unpaired) electrons. The van der Waals surface area contributed by atoms with E-state index < -0.39 is 24.0 Å². The Labute approximate surface area is 164 Å². The number of nitrogens with one attached hydrogen (secondary N) is 1. The molecule has 1 atom stereocenters. The predicted molar refractivity (Wildman–Crippen MR) is 102 cm³/mol. The van der Waals surface area contributed by atoms with Crippen molar-refractivity contribution in [3.8, 4) is 0 Å². The number of furan rings is 1. The van der Waals surface area contributed by atoms with Crippen LogP contribution in [0.1, 0.15) is 23.6 Å². The monoisotopic (exact) mass is 404 g/mol. The number of hydrogen-bond donors (Lipinski definition) is 2. The number of aliphatic hydroxyl groups is 1. The van der Waals surface area contributed by atoms with E-state index in [-0.39, 0.29) is 6.54 Å². The molecule has 2 N–H and O–H groups in total. The summed E-state index contributed by atoms with van der Waals surface area (Å²) < 4.78 is 47.6. The van der Waals surface area contributed by atoms with Crippen LogP contribution in [0.5, 0.6) is 0 Å². The Balaban J connectivity index is 1.65. The van der Waals surface area contributed by atoms with Gasteiger partial charge in [-0.3, -0.25) is 0 Å². The number of benzene rings is 1. The first-order chi connectivity index (χ1) is 13.7. The number of alkyl halides is 3. The van der Waals surface area contributed by atoms with Gasteiger partial charge in [-0.25, -0.2) is 9.50 Å². The van der Waals surface area contributed by atoms with Gasteiger partial charge in [-0.15, -0.1) is 0 Å². The van der Waals surface area contributed by atoms with E-state index in [0.29, 0.717) is 22.6 Å². The number of halogens is 3. The summed E-state index contributed by atoms with van der Waals surface area (Å²) in [4.78, 5) is 4.49. The van der Waals surface area contributed by atoms with Crippen LogP contribution in [0.3, 0.4) is 0 Å². The van der Waals surface area contributed by atoms with E-state index in [9.17, 15) is 18.3 Å². The van der Waals surface area contributed by atoms with E-state index in [2.05, 4.69) is 15.4 Å². The van der Waals surface area contributed by atoms with Gasteiger partial charge in [0.1, 0.15) is 17.3 Å². The first-order valence-electron chi connectivity index (χ1n) is 9.04. The van der Waals surface area contributed by atoms with Crippen LogP contribution in [-0.4, -0.2) is 32.4 Å². The van der Waals surface area contributed by atoms with Gasteiger partial charge in [0.2, 0.25) is 5.60 Å². The second kappa shape index (κ2) is 6.77. The smallest absolute Gasteiger partial charge is 0.424 e. The molecule has 4 aromatic rings. The number of rotatable bonds is 5. The number of hydrogen-bond acceptors (Lipinski definition) is 5. The summed E-state index contributed by atoms with van der Waals surface area (Å²) >= 11 is 0. The Kier molecular flexibility index (Phi) is 4.49. The summed E-state index contributed by atoms with van der Waals surface area (Å²) in [5.41, 5.74) is -0.960. The molecule has 0 bridgehead atoms. The fourth-order valence-electron chi connectivity index (χ4n) is 3.33. The van der Waals surface area contributed by atoms with Gasteiger partial charge in [-0.1, -0.05) is 12.1 Å². The van der Waals surface area contributed by atoms with Crippen LogP contribution in [-0.2, 0) is 5.60 Å². The predicted octanol–water partition coefficient (Wildman–Crippen LogP) is 4.34. The van der Waals surface area contributed by atoms with Crippen molar-refractivity contribution >= 4 is 22.4 Å². The van der Waals surface area contributed by atoms with Gasteiger partial charge in [0, 0.05) is 24.4 Å². The van der Waals surface area contributed by atoms with Crippen molar-refractivity contribution in [2.45, 2.75) is 32.0 Å². The quantitative estimate of drug-likeness (QED) is 0.517. The summed E-state index contributed by atoms with van der Waals surface area (Å²) in [6.45, 7) is 3.19. The average Bonchev–Trinajstić information content (AvgIpc) is 3.26. The van der Waals surface area contributed by atoms with Crippen LogP contribution in [0.4, 0.5) is 19.0 Å². The second-order valence-corrected chi connectivity index (χ2v) is 6.98. The third kappa shape index (κ3) is 3.31. The molecule has 152 valence electrons. The van der Waals surface area contributed by atoms with Crippen LogP contribution in [0.15, 0.2) is 46.9 Å². The van der Waals surface area contributed by atoms with Crippen molar-refractivity contribution in [3.63, 3.8) is 0 Å². The summed E-state index contributed by atoms with van der Waals surface area (Å²) in [7, 11) is 0. The molecular weight excluding hydrogens is 385 g/mol. The Morgan fingerprint density at radius 2 is 1.90 bits per heavy atom. The molecule has 0 spiro atoms. The maximum Gasteiger partial charge on any atom is 0.424 e. The minimum Gasteiger partial charge on any atom is -0.463 e. The fraction of sp³-hybridized carbons (Fsp3) is 0.300. The van der Waals surface area contributed by atoms with Crippen molar-refractivity contribution in [2.75, 3.05) is 11.9 Å². The fourth-order valence-corrected chi connectivity index (χ4v) is 3.33. The lowest BCUT2D eigenvalue weighted by Crippen LogP contribution is -2.43. The molecule has 9 heteroatoms. The SMILES string of the molecule is Cc1cc2nc(NCC[C@](O)(c3ccc(C)o3)C(F)(F)F)c3ccccc3n2n1. The molecule has 6 nitrogen and oxygen atoms in total. The van der Waals surface area contributed by atoms with E-state index >= 15 is 0 Å². The molecule has 0 aliphatic heterocycles. The molecule has 3 heterocycles. The van der Waals surface area contributed by atoms with E-state index in [0.717, 1.165) is 17.3 Å². The minimum absolute atomic E-state index is 0.171. The molecular formula is C20H19F3N4O2. The highest BCUT2D eigenvalue weighted by Gasteiger charge is 2.56. The molecule has 3 aromatic heterocycles. The number of aryl methyl sites for hydroxylation is 2. The van der Waals surface area contributed by atoms with Gasteiger partial charge in [-0.05, 0) is 38.1 Å². The number of fused-ring (bicyclic) bond motifs is 3. The number of nitrogens with zero attached hydrogens (tertiary/aromatic N) is 3. The van der Waals surface area contributed by atoms with Crippen molar-refractivity contribution in [1.82, 2.24) is 14.6 Å². The zero-order chi connectivity index (χ0) is 20.8. The summed E-state index contributed by atoms with van der Waals surface area (Å²) in [6, 6.07) is 11.7. The zero-order valence-electron chi connectivity index (χ0n) is 15.8. The molecule has 29 heavy (non-hydrogen) atoms. The lowest BCUT2D eigenvalue weighted by Gasteiger charge is -2.28.